The molecule has 2 aromatic rings. The maximum Gasteiger partial charge on any atom is 0.252 e. The second-order valence-corrected chi connectivity index (χ2v) is 7.47. The van der Waals surface area contributed by atoms with Gasteiger partial charge in [-0.1, -0.05) is 12.8 Å². The fourth-order valence-electron chi connectivity index (χ4n) is 4.22. The van der Waals surface area contributed by atoms with E-state index >= 15 is 0 Å². The molecule has 0 radical (unpaired) electrons. The first-order chi connectivity index (χ1) is 12.2. The highest BCUT2D eigenvalue weighted by molar-refractivity contribution is 5.79. The average molecular weight is 344 g/mol. The molecule has 1 aliphatic carbocycles. The molecule has 1 saturated heterocycles. The molecule has 0 aromatic carbocycles. The molecule has 5 nitrogen and oxygen atoms in total. The van der Waals surface area contributed by atoms with E-state index < -0.39 is 0 Å². The zero-order valence-electron chi connectivity index (χ0n) is 14.7. The minimum atomic E-state index is -0.243. The number of hydrogen-bond acceptors (Lipinski definition) is 4. The molecule has 1 saturated carbocycles. The van der Waals surface area contributed by atoms with Gasteiger partial charge in [0.15, 0.2) is 0 Å². The van der Waals surface area contributed by atoms with Gasteiger partial charge in [-0.15, -0.1) is 0 Å². The molecule has 0 spiro atoms. The lowest BCUT2D eigenvalue weighted by molar-refractivity contribution is 0.306. The summed E-state index contributed by atoms with van der Waals surface area (Å²) in [5.74, 6) is 0.831. The molecule has 1 aliphatic heterocycles. The second kappa shape index (κ2) is 6.73. The summed E-state index contributed by atoms with van der Waals surface area (Å²) in [4.78, 5) is 24.1. The molecule has 2 aromatic heterocycles. The van der Waals surface area contributed by atoms with Gasteiger partial charge in [0.1, 0.15) is 5.65 Å². The SMILES string of the molecule is Cc1cc(=O)n(C2CCCC2)c2nc(N3CCC(CF)CC3)ncc12. The number of halogens is 1. The first kappa shape index (κ1) is 16.5. The number of rotatable bonds is 3. The van der Waals surface area contributed by atoms with E-state index in [-0.39, 0.29) is 24.2 Å². The average Bonchev–Trinajstić information content (AvgIpc) is 3.15. The van der Waals surface area contributed by atoms with Gasteiger partial charge in [0.25, 0.3) is 5.56 Å². The van der Waals surface area contributed by atoms with Crippen molar-refractivity contribution in [2.45, 2.75) is 51.5 Å². The highest BCUT2D eigenvalue weighted by atomic mass is 19.1. The number of fused-ring (bicyclic) bond motifs is 1. The third-order valence-corrected chi connectivity index (χ3v) is 5.79. The highest BCUT2D eigenvalue weighted by Gasteiger charge is 2.24. The van der Waals surface area contributed by atoms with E-state index in [9.17, 15) is 9.18 Å². The largest absolute Gasteiger partial charge is 0.341 e. The van der Waals surface area contributed by atoms with E-state index in [1.807, 2.05) is 17.7 Å². The predicted molar refractivity (Wildman–Crippen MR) is 97.0 cm³/mol. The van der Waals surface area contributed by atoms with Crippen molar-refractivity contribution in [2.24, 2.45) is 5.92 Å². The summed E-state index contributed by atoms with van der Waals surface area (Å²) in [6.07, 6.45) is 7.93. The van der Waals surface area contributed by atoms with E-state index in [4.69, 9.17) is 4.98 Å². The van der Waals surface area contributed by atoms with E-state index in [2.05, 4.69) is 9.88 Å². The summed E-state index contributed by atoms with van der Waals surface area (Å²) < 4.78 is 14.7. The van der Waals surface area contributed by atoms with Crippen LogP contribution in [0.25, 0.3) is 11.0 Å². The van der Waals surface area contributed by atoms with Gasteiger partial charge < -0.3 is 4.90 Å². The fourth-order valence-corrected chi connectivity index (χ4v) is 4.22. The van der Waals surface area contributed by atoms with Crippen LogP contribution in [0.2, 0.25) is 0 Å². The molecule has 0 unspecified atom stereocenters. The van der Waals surface area contributed by atoms with Gasteiger partial charge >= 0.3 is 0 Å². The Bertz CT molecular complexity index is 820. The van der Waals surface area contributed by atoms with Crippen LogP contribution >= 0.6 is 0 Å². The normalized spacial score (nSPS) is 19.8. The fraction of sp³-hybridized carbons (Fsp3) is 0.632. The van der Waals surface area contributed by atoms with Crippen molar-refractivity contribution in [1.82, 2.24) is 14.5 Å². The molecule has 2 fully saturated rings. The molecular formula is C19H25FN4O. The minimum absolute atomic E-state index is 0.0395. The van der Waals surface area contributed by atoms with Crippen LogP contribution in [0.3, 0.4) is 0 Å². The quantitative estimate of drug-likeness (QED) is 0.856. The van der Waals surface area contributed by atoms with Crippen LogP contribution in [0.15, 0.2) is 17.1 Å². The number of anilines is 1. The molecular weight excluding hydrogens is 319 g/mol. The second-order valence-electron chi connectivity index (χ2n) is 7.47. The van der Waals surface area contributed by atoms with Crippen LogP contribution in [0.1, 0.15) is 50.1 Å². The number of piperidine rings is 1. The minimum Gasteiger partial charge on any atom is -0.341 e. The van der Waals surface area contributed by atoms with E-state index in [0.29, 0.717) is 5.95 Å². The summed E-state index contributed by atoms with van der Waals surface area (Å²) in [5, 5.41) is 0.953. The molecule has 6 heteroatoms. The number of pyridine rings is 1. The lowest BCUT2D eigenvalue weighted by Crippen LogP contribution is -2.35. The number of aromatic nitrogens is 3. The van der Waals surface area contributed by atoms with Crippen molar-refractivity contribution < 1.29 is 4.39 Å². The van der Waals surface area contributed by atoms with Crippen molar-refractivity contribution in [3.63, 3.8) is 0 Å². The number of alkyl halides is 1. The zero-order valence-corrected chi connectivity index (χ0v) is 14.7. The number of nitrogens with zero attached hydrogens (tertiary/aromatic N) is 4. The number of hydrogen-bond donors (Lipinski definition) is 0. The summed E-state index contributed by atoms with van der Waals surface area (Å²) in [7, 11) is 0. The molecule has 25 heavy (non-hydrogen) atoms. The summed E-state index contributed by atoms with van der Waals surface area (Å²) in [6.45, 7) is 3.25. The van der Waals surface area contributed by atoms with E-state index in [1.54, 1.807) is 6.07 Å². The molecule has 0 amide bonds. The van der Waals surface area contributed by atoms with E-state index in [1.165, 1.54) is 12.8 Å². The smallest absolute Gasteiger partial charge is 0.252 e. The molecule has 3 heterocycles. The standard InChI is InChI=1S/C19H25FN4O/c1-13-10-17(25)24(15-4-2-3-5-15)18-16(13)12-21-19(22-18)23-8-6-14(11-20)7-9-23/h10,12,14-15H,2-9,11H2,1H3. The summed E-state index contributed by atoms with van der Waals surface area (Å²) in [5.41, 5.74) is 1.73. The van der Waals surface area contributed by atoms with Gasteiger partial charge in [0.05, 0.1) is 6.67 Å². The van der Waals surface area contributed by atoms with Crippen LogP contribution in [-0.4, -0.2) is 34.3 Å². The van der Waals surface area contributed by atoms with Gasteiger partial charge in [0.2, 0.25) is 5.95 Å². The Hall–Kier alpha value is -1.98. The Labute approximate surface area is 146 Å². The molecule has 0 N–H and O–H groups in total. The van der Waals surface area contributed by atoms with Gasteiger partial charge in [-0.2, -0.15) is 4.98 Å². The van der Waals surface area contributed by atoms with Crippen LogP contribution < -0.4 is 10.5 Å². The Balaban J connectivity index is 1.76. The molecule has 4 rings (SSSR count). The number of aryl methyl sites for hydroxylation is 1. The van der Waals surface area contributed by atoms with Gasteiger partial charge in [-0.05, 0) is 44.1 Å². The van der Waals surface area contributed by atoms with Crippen LogP contribution in [0.4, 0.5) is 10.3 Å². The lowest BCUT2D eigenvalue weighted by atomic mass is 9.99. The maximum atomic E-state index is 12.8. The molecule has 0 atom stereocenters. The van der Waals surface area contributed by atoms with Crippen LogP contribution in [-0.2, 0) is 0 Å². The summed E-state index contributed by atoms with van der Waals surface area (Å²) >= 11 is 0. The molecule has 0 bridgehead atoms. The molecule has 2 aliphatic rings. The summed E-state index contributed by atoms with van der Waals surface area (Å²) in [6, 6.07) is 1.95. The molecule has 134 valence electrons. The first-order valence-electron chi connectivity index (χ1n) is 9.37. The highest BCUT2D eigenvalue weighted by Crippen LogP contribution is 2.31. The Kier molecular flexibility index (Phi) is 4.44. The first-order valence-corrected chi connectivity index (χ1v) is 9.37. The monoisotopic (exact) mass is 344 g/mol. The zero-order chi connectivity index (χ0) is 17.4. The van der Waals surface area contributed by atoms with Crippen LogP contribution in [0, 0.1) is 12.8 Å². The van der Waals surface area contributed by atoms with Gasteiger partial charge in [-0.3, -0.25) is 13.8 Å². The Morgan fingerprint density at radius 2 is 1.92 bits per heavy atom. The Morgan fingerprint density at radius 3 is 2.60 bits per heavy atom. The van der Waals surface area contributed by atoms with Crippen molar-refractivity contribution in [3.8, 4) is 0 Å². The van der Waals surface area contributed by atoms with Crippen LogP contribution in [0.5, 0.6) is 0 Å². The van der Waals surface area contributed by atoms with Gasteiger partial charge in [0, 0.05) is 36.8 Å². The van der Waals surface area contributed by atoms with E-state index in [0.717, 1.165) is 55.4 Å². The van der Waals surface area contributed by atoms with Crippen molar-refractivity contribution >= 4 is 17.0 Å². The predicted octanol–water partition coefficient (Wildman–Crippen LogP) is 3.40. The Morgan fingerprint density at radius 1 is 1.20 bits per heavy atom. The third-order valence-electron chi connectivity index (χ3n) is 5.79. The lowest BCUT2D eigenvalue weighted by Gasteiger charge is -2.31. The maximum absolute atomic E-state index is 12.8. The van der Waals surface area contributed by atoms with Gasteiger partial charge in [-0.25, -0.2) is 4.98 Å². The van der Waals surface area contributed by atoms with Crippen molar-refractivity contribution in [3.05, 3.63) is 28.2 Å². The van der Waals surface area contributed by atoms with Crippen molar-refractivity contribution in [1.29, 1.82) is 0 Å². The topological polar surface area (TPSA) is 51.0 Å². The third kappa shape index (κ3) is 3.02. The van der Waals surface area contributed by atoms with Crippen molar-refractivity contribution in [2.75, 3.05) is 24.7 Å².